The van der Waals surface area contributed by atoms with Crippen LogP contribution in [-0.2, 0) is 11.2 Å². The molecule has 0 bridgehead atoms. The number of benzene rings is 1. The predicted octanol–water partition coefficient (Wildman–Crippen LogP) is 1.01. The molecule has 1 heterocycles. The van der Waals surface area contributed by atoms with Crippen LogP contribution in [-0.4, -0.2) is 45.1 Å². The molecule has 0 aliphatic rings. The van der Waals surface area contributed by atoms with Gasteiger partial charge >= 0.3 is 7.12 Å². The Balaban J connectivity index is 2.14. The van der Waals surface area contributed by atoms with Crippen LogP contribution in [0.4, 0.5) is 0 Å². The summed E-state index contributed by atoms with van der Waals surface area (Å²) in [5, 5.41) is 21.8. The van der Waals surface area contributed by atoms with Crippen LogP contribution in [0.15, 0.2) is 48.9 Å². The molecule has 1 aromatic carbocycles. The monoisotopic (exact) mass is 357 g/mol. The van der Waals surface area contributed by atoms with E-state index in [0.717, 1.165) is 5.56 Å². The Labute approximate surface area is 153 Å². The van der Waals surface area contributed by atoms with Gasteiger partial charge in [0, 0.05) is 18.8 Å². The van der Waals surface area contributed by atoms with Crippen molar-refractivity contribution in [3.05, 3.63) is 54.5 Å². The maximum Gasteiger partial charge on any atom is 0.475 e. The summed E-state index contributed by atoms with van der Waals surface area (Å²) >= 11 is 0. The summed E-state index contributed by atoms with van der Waals surface area (Å²) in [6.45, 7) is 3.89. The van der Waals surface area contributed by atoms with Gasteiger partial charge in [0.15, 0.2) is 6.10 Å². The molecule has 0 radical (unpaired) electrons. The average Bonchev–Trinajstić information content (AvgIpc) is 2.62. The number of hydrogen-bond donors (Lipinski definition) is 3. The molecule has 138 valence electrons. The van der Waals surface area contributed by atoms with Gasteiger partial charge in [-0.05, 0) is 17.9 Å². The molecule has 1 aromatic heterocycles. The molecule has 0 unspecified atom stereocenters. The van der Waals surface area contributed by atoms with Gasteiger partial charge in [0.25, 0.3) is 5.91 Å². The van der Waals surface area contributed by atoms with Crippen LogP contribution < -0.4 is 10.1 Å². The molecule has 0 spiro atoms. The Morgan fingerprint density at radius 1 is 1.23 bits per heavy atom. The zero-order valence-electron chi connectivity index (χ0n) is 14.9. The van der Waals surface area contributed by atoms with E-state index < -0.39 is 25.1 Å². The molecule has 1 amide bonds. The second-order valence-corrected chi connectivity index (χ2v) is 6.50. The van der Waals surface area contributed by atoms with E-state index in [4.69, 9.17) is 4.74 Å². The molecule has 3 N–H and O–H groups in total. The molecular formula is C18H24BN3O4. The van der Waals surface area contributed by atoms with Gasteiger partial charge in [0.2, 0.25) is 5.88 Å². The molecule has 0 saturated heterocycles. The molecule has 0 aliphatic carbocycles. The largest absolute Gasteiger partial charge is 0.475 e. The highest BCUT2D eigenvalue weighted by Gasteiger charge is 2.30. The number of ether oxygens (including phenoxy) is 1. The zero-order chi connectivity index (χ0) is 18.9. The summed E-state index contributed by atoms with van der Waals surface area (Å²) < 4.78 is 5.72. The second-order valence-electron chi connectivity index (χ2n) is 6.50. The van der Waals surface area contributed by atoms with Crippen molar-refractivity contribution in [2.24, 2.45) is 5.92 Å². The number of hydrogen-bond acceptors (Lipinski definition) is 6. The van der Waals surface area contributed by atoms with Crippen molar-refractivity contribution in [2.75, 3.05) is 0 Å². The average molecular weight is 357 g/mol. The third kappa shape index (κ3) is 6.46. The highest BCUT2D eigenvalue weighted by atomic mass is 16.5. The molecule has 8 heteroatoms. The van der Waals surface area contributed by atoms with E-state index in [9.17, 15) is 14.8 Å². The molecule has 7 nitrogen and oxygen atoms in total. The van der Waals surface area contributed by atoms with Gasteiger partial charge in [-0.25, -0.2) is 4.98 Å². The minimum absolute atomic E-state index is 0.190. The van der Waals surface area contributed by atoms with Gasteiger partial charge < -0.3 is 20.1 Å². The lowest BCUT2D eigenvalue weighted by molar-refractivity contribution is -0.128. The summed E-state index contributed by atoms with van der Waals surface area (Å²) in [5.41, 5.74) is 0.918. The first-order valence-corrected chi connectivity index (χ1v) is 8.58. The Kier molecular flexibility index (Phi) is 7.56. The first-order chi connectivity index (χ1) is 12.5. The van der Waals surface area contributed by atoms with E-state index in [0.29, 0.717) is 12.8 Å². The van der Waals surface area contributed by atoms with Crippen molar-refractivity contribution in [1.29, 1.82) is 0 Å². The van der Waals surface area contributed by atoms with Gasteiger partial charge in [-0.15, -0.1) is 0 Å². The van der Waals surface area contributed by atoms with Crippen LogP contribution in [0, 0.1) is 5.92 Å². The predicted molar refractivity (Wildman–Crippen MR) is 98.2 cm³/mol. The summed E-state index contributed by atoms with van der Waals surface area (Å²) in [6, 6.07) is 9.44. The molecule has 2 atom stereocenters. The first-order valence-electron chi connectivity index (χ1n) is 8.58. The van der Waals surface area contributed by atoms with Crippen molar-refractivity contribution >= 4 is 13.0 Å². The number of carbonyl (C=O) groups excluding carboxylic acids is 1. The highest BCUT2D eigenvalue weighted by Crippen LogP contribution is 2.12. The third-order valence-corrected chi connectivity index (χ3v) is 3.77. The van der Waals surface area contributed by atoms with Crippen molar-refractivity contribution in [3.8, 4) is 5.88 Å². The molecule has 26 heavy (non-hydrogen) atoms. The lowest BCUT2D eigenvalue weighted by Gasteiger charge is -2.23. The number of nitrogens with zero attached hydrogens (tertiary/aromatic N) is 2. The maximum atomic E-state index is 12.7. The lowest BCUT2D eigenvalue weighted by Crippen LogP contribution is -2.52. The highest BCUT2D eigenvalue weighted by molar-refractivity contribution is 6.43. The van der Waals surface area contributed by atoms with Gasteiger partial charge in [0.1, 0.15) is 0 Å². The Hall–Kier alpha value is -2.45. The fraction of sp³-hybridized carbons (Fsp3) is 0.389. The summed E-state index contributed by atoms with van der Waals surface area (Å²) in [7, 11) is -1.64. The standard InChI is InChI=1S/C18H24BN3O4/c1-13(2)10-16(19(24)25)22-18(23)15(11-14-6-4-3-5-7-14)26-17-12-20-8-9-21-17/h3-9,12-13,15-16,24-25H,10-11H2,1-2H3,(H,22,23)/t15-,16-/m0/s1. The molecule has 0 saturated carbocycles. The van der Waals surface area contributed by atoms with Crippen LogP contribution in [0.1, 0.15) is 25.8 Å². The SMILES string of the molecule is CC(C)C[C@H](NC(=O)[C@H](Cc1ccccc1)Oc1cnccn1)B(O)O. The quantitative estimate of drug-likeness (QED) is 0.579. The summed E-state index contributed by atoms with van der Waals surface area (Å²) in [6.07, 6.45) is 4.30. The van der Waals surface area contributed by atoms with Gasteiger partial charge in [0.05, 0.1) is 12.1 Å². The molecule has 2 rings (SSSR count). The fourth-order valence-electron chi connectivity index (χ4n) is 2.55. The minimum Gasteiger partial charge on any atom is -0.463 e. The van der Waals surface area contributed by atoms with Gasteiger partial charge in [-0.2, -0.15) is 0 Å². The first kappa shape index (κ1) is 19.9. The topological polar surface area (TPSA) is 105 Å². The van der Waals surface area contributed by atoms with E-state index in [1.54, 1.807) is 0 Å². The van der Waals surface area contributed by atoms with Crippen LogP contribution >= 0.6 is 0 Å². The number of amides is 1. The Bertz CT molecular complexity index is 629. The fourth-order valence-corrected chi connectivity index (χ4v) is 2.55. The maximum absolute atomic E-state index is 12.7. The van der Waals surface area contributed by atoms with Crippen LogP contribution in [0.3, 0.4) is 0 Å². The molecular weight excluding hydrogens is 333 g/mol. The summed E-state index contributed by atoms with van der Waals surface area (Å²) in [4.78, 5) is 20.7. The van der Waals surface area contributed by atoms with E-state index in [1.807, 2.05) is 44.2 Å². The van der Waals surface area contributed by atoms with E-state index >= 15 is 0 Å². The van der Waals surface area contributed by atoms with E-state index in [1.165, 1.54) is 18.6 Å². The van der Waals surface area contributed by atoms with Gasteiger partial charge in [-0.3, -0.25) is 9.78 Å². The molecule has 0 fully saturated rings. The van der Waals surface area contributed by atoms with Crippen LogP contribution in [0.2, 0.25) is 0 Å². The van der Waals surface area contributed by atoms with Crippen molar-refractivity contribution in [1.82, 2.24) is 15.3 Å². The zero-order valence-corrected chi connectivity index (χ0v) is 14.9. The summed E-state index contributed by atoms with van der Waals surface area (Å²) in [5.74, 6) is -0.784. The van der Waals surface area contributed by atoms with E-state index in [2.05, 4.69) is 15.3 Å². The van der Waals surface area contributed by atoms with Crippen LogP contribution in [0.5, 0.6) is 5.88 Å². The van der Waals surface area contributed by atoms with Crippen LogP contribution in [0.25, 0.3) is 0 Å². The smallest absolute Gasteiger partial charge is 0.463 e. The van der Waals surface area contributed by atoms with Crippen molar-refractivity contribution in [3.63, 3.8) is 0 Å². The number of carbonyl (C=O) groups is 1. The Morgan fingerprint density at radius 2 is 1.96 bits per heavy atom. The second kappa shape index (κ2) is 9.89. The van der Waals surface area contributed by atoms with E-state index in [-0.39, 0.29) is 11.8 Å². The normalized spacial score (nSPS) is 13.1. The molecule has 0 aliphatic heterocycles. The molecule has 2 aromatic rings. The Morgan fingerprint density at radius 3 is 2.54 bits per heavy atom. The number of aromatic nitrogens is 2. The lowest BCUT2D eigenvalue weighted by atomic mass is 9.75. The van der Waals surface area contributed by atoms with Gasteiger partial charge in [-0.1, -0.05) is 44.2 Å². The van der Waals surface area contributed by atoms with Crippen molar-refractivity contribution in [2.45, 2.75) is 38.7 Å². The third-order valence-electron chi connectivity index (χ3n) is 3.77. The number of nitrogens with one attached hydrogen (secondary N) is 1. The van der Waals surface area contributed by atoms with Crippen molar-refractivity contribution < 1.29 is 19.6 Å². The number of rotatable bonds is 9. The minimum atomic E-state index is -1.64.